The van der Waals surface area contributed by atoms with Gasteiger partial charge in [0, 0.05) is 19.5 Å². The second kappa shape index (κ2) is 8.74. The van der Waals surface area contributed by atoms with Crippen LogP contribution in [0.5, 0.6) is 0 Å². The Kier molecular flexibility index (Phi) is 6.33. The number of rotatable bonds is 6. The van der Waals surface area contributed by atoms with E-state index in [1.165, 1.54) is 24.3 Å². The van der Waals surface area contributed by atoms with Gasteiger partial charge in [-0.25, -0.2) is 4.39 Å². The topological polar surface area (TPSA) is 77.8 Å². The Morgan fingerprint density at radius 2 is 1.72 bits per heavy atom. The van der Waals surface area contributed by atoms with Crippen LogP contribution in [-0.4, -0.2) is 46.2 Å². The minimum atomic E-state index is -1.50. The fraction of sp³-hybridized carbons (Fsp3) is 0.391. The number of hydrogen-bond donors (Lipinski definition) is 2. The van der Waals surface area contributed by atoms with Gasteiger partial charge in [0.15, 0.2) is 0 Å². The zero-order valence-corrected chi connectivity index (χ0v) is 16.5. The highest BCUT2D eigenvalue weighted by Gasteiger charge is 2.50. The maximum atomic E-state index is 13.2. The highest BCUT2D eigenvalue weighted by Crippen LogP contribution is 2.35. The van der Waals surface area contributed by atoms with E-state index in [1.54, 1.807) is 4.90 Å². The molecule has 1 aliphatic heterocycles. The first-order valence-electron chi connectivity index (χ1n) is 9.79. The molecular formula is C23H26FNO4. The molecule has 1 amide bonds. The van der Waals surface area contributed by atoms with E-state index in [1.807, 2.05) is 31.2 Å². The van der Waals surface area contributed by atoms with E-state index in [-0.39, 0.29) is 31.7 Å². The molecule has 1 aliphatic rings. The summed E-state index contributed by atoms with van der Waals surface area (Å²) in [6, 6.07) is 13.5. The maximum absolute atomic E-state index is 13.2. The number of aliphatic carboxylic acids is 1. The molecule has 29 heavy (non-hydrogen) atoms. The Morgan fingerprint density at radius 3 is 2.34 bits per heavy atom. The molecule has 2 aromatic carbocycles. The summed E-state index contributed by atoms with van der Waals surface area (Å²) >= 11 is 0. The molecule has 2 atom stereocenters. The van der Waals surface area contributed by atoms with E-state index >= 15 is 0 Å². The average Bonchev–Trinajstić information content (AvgIpc) is 2.70. The number of nitrogens with zero attached hydrogens (tertiary/aromatic N) is 1. The summed E-state index contributed by atoms with van der Waals surface area (Å²) in [5, 5.41) is 20.5. The van der Waals surface area contributed by atoms with Crippen LogP contribution in [0.1, 0.15) is 29.5 Å². The predicted molar refractivity (Wildman–Crippen MR) is 107 cm³/mol. The van der Waals surface area contributed by atoms with Gasteiger partial charge in [-0.2, -0.15) is 0 Å². The van der Waals surface area contributed by atoms with Crippen LogP contribution in [0.3, 0.4) is 0 Å². The number of carboxylic acid groups (broad SMARTS) is 1. The Labute approximate surface area is 169 Å². The first kappa shape index (κ1) is 21.0. The van der Waals surface area contributed by atoms with Crippen molar-refractivity contribution in [3.63, 3.8) is 0 Å². The highest BCUT2D eigenvalue weighted by atomic mass is 19.1. The molecule has 0 spiro atoms. The Bertz CT molecular complexity index is 865. The fourth-order valence-corrected chi connectivity index (χ4v) is 3.88. The zero-order valence-electron chi connectivity index (χ0n) is 16.5. The molecule has 0 unspecified atom stereocenters. The van der Waals surface area contributed by atoms with Crippen molar-refractivity contribution in [2.45, 2.75) is 38.7 Å². The van der Waals surface area contributed by atoms with Crippen molar-refractivity contribution in [3.8, 4) is 0 Å². The molecule has 5 nitrogen and oxygen atoms in total. The number of carbonyl (C=O) groups excluding carboxylic acids is 1. The largest absolute Gasteiger partial charge is 0.481 e. The third-order valence-electron chi connectivity index (χ3n) is 5.74. The van der Waals surface area contributed by atoms with Gasteiger partial charge in [0.25, 0.3) is 0 Å². The summed E-state index contributed by atoms with van der Waals surface area (Å²) in [6.45, 7) is 2.26. The van der Waals surface area contributed by atoms with Crippen LogP contribution in [0.2, 0.25) is 0 Å². The summed E-state index contributed by atoms with van der Waals surface area (Å²) in [6.07, 6.45) is 0.0165. The first-order chi connectivity index (χ1) is 13.8. The minimum absolute atomic E-state index is 0.0333. The van der Waals surface area contributed by atoms with Gasteiger partial charge < -0.3 is 15.1 Å². The van der Waals surface area contributed by atoms with Crippen LogP contribution in [0.4, 0.5) is 4.39 Å². The van der Waals surface area contributed by atoms with E-state index < -0.39 is 23.3 Å². The second-order valence-electron chi connectivity index (χ2n) is 7.87. The van der Waals surface area contributed by atoms with E-state index in [0.29, 0.717) is 18.5 Å². The number of benzene rings is 2. The number of likely N-dealkylation sites (tertiary alicyclic amines) is 1. The third-order valence-corrected chi connectivity index (χ3v) is 5.74. The molecule has 0 aromatic heterocycles. The van der Waals surface area contributed by atoms with Crippen molar-refractivity contribution in [3.05, 3.63) is 71.0 Å². The summed E-state index contributed by atoms with van der Waals surface area (Å²) in [5.74, 6) is -1.68. The number of aryl methyl sites for hydroxylation is 2. The van der Waals surface area contributed by atoms with Crippen molar-refractivity contribution < 1.29 is 24.2 Å². The van der Waals surface area contributed by atoms with Gasteiger partial charge in [0.05, 0.1) is 6.10 Å². The van der Waals surface area contributed by atoms with Gasteiger partial charge >= 0.3 is 5.97 Å². The number of hydrogen-bond acceptors (Lipinski definition) is 3. The molecule has 0 bridgehead atoms. The molecule has 1 fully saturated rings. The fourth-order valence-electron chi connectivity index (χ4n) is 3.88. The molecule has 0 saturated carbocycles. The SMILES string of the molecule is Cc1ccc(CCC(=O)N2CC[C@H](O)[C@](Cc3ccc(F)cc3)(C(=O)O)C2)cc1. The van der Waals surface area contributed by atoms with Crippen LogP contribution in [-0.2, 0) is 22.4 Å². The average molecular weight is 399 g/mol. The van der Waals surface area contributed by atoms with E-state index in [4.69, 9.17) is 0 Å². The van der Waals surface area contributed by atoms with Gasteiger partial charge in [-0.3, -0.25) is 9.59 Å². The van der Waals surface area contributed by atoms with Gasteiger partial charge in [-0.1, -0.05) is 42.0 Å². The lowest BCUT2D eigenvalue weighted by Gasteiger charge is -2.43. The number of aliphatic hydroxyl groups is 1. The number of carbonyl (C=O) groups is 2. The third kappa shape index (κ3) is 4.82. The standard InChI is InChI=1S/C23H26FNO4/c1-16-2-4-17(5-3-16)8-11-21(27)25-13-12-20(26)23(15-25,22(28)29)14-18-6-9-19(24)10-7-18/h2-7,9-10,20,26H,8,11-15H2,1H3,(H,28,29)/t20-,23+/m0/s1. The maximum Gasteiger partial charge on any atom is 0.314 e. The minimum Gasteiger partial charge on any atom is -0.481 e. The van der Waals surface area contributed by atoms with Gasteiger partial charge in [0.2, 0.25) is 5.91 Å². The van der Waals surface area contributed by atoms with Crippen LogP contribution >= 0.6 is 0 Å². The number of piperidine rings is 1. The van der Waals surface area contributed by atoms with Crippen LogP contribution in [0.15, 0.2) is 48.5 Å². The summed E-state index contributed by atoms with van der Waals surface area (Å²) in [5.41, 5.74) is 1.31. The van der Waals surface area contributed by atoms with Crippen molar-refractivity contribution >= 4 is 11.9 Å². The van der Waals surface area contributed by atoms with Crippen molar-refractivity contribution in [1.82, 2.24) is 4.90 Å². The Balaban J connectivity index is 1.72. The molecule has 0 aliphatic carbocycles. The molecule has 1 saturated heterocycles. The van der Waals surface area contributed by atoms with Crippen molar-refractivity contribution in [2.75, 3.05) is 13.1 Å². The smallest absolute Gasteiger partial charge is 0.314 e. The molecular weight excluding hydrogens is 373 g/mol. The predicted octanol–water partition coefficient (Wildman–Crippen LogP) is 2.97. The molecule has 2 N–H and O–H groups in total. The Hall–Kier alpha value is -2.73. The normalized spacial score (nSPS) is 21.8. The summed E-state index contributed by atoms with van der Waals surface area (Å²) in [4.78, 5) is 26.5. The molecule has 1 heterocycles. The van der Waals surface area contributed by atoms with Crippen molar-refractivity contribution in [1.29, 1.82) is 0 Å². The molecule has 154 valence electrons. The van der Waals surface area contributed by atoms with Crippen LogP contribution in [0.25, 0.3) is 0 Å². The van der Waals surface area contributed by atoms with Gasteiger partial charge in [-0.05, 0) is 49.4 Å². The van der Waals surface area contributed by atoms with Gasteiger partial charge in [-0.15, -0.1) is 0 Å². The lowest BCUT2D eigenvalue weighted by molar-refractivity contribution is -0.165. The first-order valence-corrected chi connectivity index (χ1v) is 9.79. The Morgan fingerprint density at radius 1 is 1.10 bits per heavy atom. The van der Waals surface area contributed by atoms with E-state index in [2.05, 4.69) is 0 Å². The number of aliphatic hydroxyl groups excluding tert-OH is 1. The number of amides is 1. The van der Waals surface area contributed by atoms with Gasteiger partial charge in [0.1, 0.15) is 11.2 Å². The highest BCUT2D eigenvalue weighted by molar-refractivity contribution is 5.80. The van der Waals surface area contributed by atoms with E-state index in [9.17, 15) is 24.2 Å². The lowest BCUT2D eigenvalue weighted by Crippen LogP contribution is -2.58. The molecule has 0 radical (unpaired) electrons. The molecule has 2 aromatic rings. The zero-order chi connectivity index (χ0) is 21.0. The molecule has 3 rings (SSSR count). The quantitative estimate of drug-likeness (QED) is 0.783. The second-order valence-corrected chi connectivity index (χ2v) is 7.87. The summed E-state index contributed by atoms with van der Waals surface area (Å²) < 4.78 is 13.2. The number of carboxylic acids is 1. The molecule has 6 heteroatoms. The lowest BCUT2D eigenvalue weighted by atomic mass is 9.72. The van der Waals surface area contributed by atoms with Crippen LogP contribution in [0, 0.1) is 18.2 Å². The monoisotopic (exact) mass is 399 g/mol. The number of halogens is 1. The summed E-state index contributed by atoms with van der Waals surface area (Å²) in [7, 11) is 0. The van der Waals surface area contributed by atoms with E-state index in [0.717, 1.165) is 11.1 Å². The van der Waals surface area contributed by atoms with Crippen molar-refractivity contribution in [2.24, 2.45) is 5.41 Å². The van der Waals surface area contributed by atoms with Crippen LogP contribution < -0.4 is 0 Å².